The zero-order valence-corrected chi connectivity index (χ0v) is 14.6. The Bertz CT molecular complexity index is 559. The van der Waals surface area contributed by atoms with Gasteiger partial charge in [0.25, 0.3) is 10.2 Å². The summed E-state index contributed by atoms with van der Waals surface area (Å²) in [7, 11) is -0.615. The van der Waals surface area contributed by atoms with E-state index < -0.39 is 34.9 Å². The Morgan fingerprint density at radius 3 is 2.21 bits per heavy atom. The summed E-state index contributed by atoms with van der Waals surface area (Å²) in [5.74, 6) is -0.512. The third-order valence-corrected chi connectivity index (χ3v) is 6.31. The van der Waals surface area contributed by atoms with Gasteiger partial charge in [0.2, 0.25) is 5.91 Å². The maximum Gasteiger partial charge on any atom is 0.406 e. The SMILES string of the molecule is CN(C)S(=O)(=O)N1CCN([C@@H]2CCCN(CC(F)(F)F)C2=O)CC1. The van der Waals surface area contributed by atoms with Gasteiger partial charge in [-0.15, -0.1) is 0 Å². The molecule has 2 rings (SSSR count). The number of piperazine rings is 1. The molecule has 0 spiro atoms. The number of nitrogens with zero attached hydrogens (tertiary/aromatic N) is 4. The fourth-order valence-corrected chi connectivity index (χ4v) is 4.20. The first-order chi connectivity index (χ1) is 11.0. The summed E-state index contributed by atoms with van der Waals surface area (Å²) in [6.07, 6.45) is -3.38. The van der Waals surface area contributed by atoms with Crippen LogP contribution in [0.25, 0.3) is 0 Å². The molecule has 2 saturated heterocycles. The molecule has 2 fully saturated rings. The molecule has 2 heterocycles. The van der Waals surface area contributed by atoms with Crippen molar-refractivity contribution < 1.29 is 26.4 Å². The smallest absolute Gasteiger partial charge is 0.332 e. The number of hydrogen-bond donors (Lipinski definition) is 0. The van der Waals surface area contributed by atoms with Gasteiger partial charge in [-0.3, -0.25) is 9.69 Å². The topological polar surface area (TPSA) is 64.2 Å². The minimum absolute atomic E-state index is 0.115. The zero-order valence-electron chi connectivity index (χ0n) is 13.8. The van der Waals surface area contributed by atoms with Crippen LogP contribution in [0.1, 0.15) is 12.8 Å². The number of hydrogen-bond acceptors (Lipinski definition) is 4. The van der Waals surface area contributed by atoms with Crippen molar-refractivity contribution in [1.82, 2.24) is 18.4 Å². The van der Waals surface area contributed by atoms with E-state index in [-0.39, 0.29) is 19.6 Å². The summed E-state index contributed by atoms with van der Waals surface area (Å²) in [5, 5.41) is 0. The minimum atomic E-state index is -4.41. The van der Waals surface area contributed by atoms with Crippen LogP contribution in [0.5, 0.6) is 0 Å². The van der Waals surface area contributed by atoms with Gasteiger partial charge in [0.15, 0.2) is 0 Å². The van der Waals surface area contributed by atoms with E-state index in [0.717, 1.165) is 9.21 Å². The maximum absolute atomic E-state index is 12.6. The Balaban J connectivity index is 1.97. The van der Waals surface area contributed by atoms with Crippen LogP contribution in [-0.4, -0.2) is 98.3 Å². The lowest BCUT2D eigenvalue weighted by atomic mass is 10.0. The number of halogens is 3. The predicted octanol–water partition coefficient (Wildman–Crippen LogP) is -0.0363. The molecular weight excluding hydrogens is 349 g/mol. The molecule has 1 atom stereocenters. The first kappa shape index (κ1) is 19.4. The molecule has 0 bridgehead atoms. The standard InChI is InChI=1S/C13H23F3N4O3S/c1-17(2)24(22,23)20-8-6-18(7-9-20)11-4-3-5-19(12(11)21)10-13(14,15)16/h11H,3-10H2,1-2H3/t11-/m1/s1. The van der Waals surface area contributed by atoms with E-state index in [1.165, 1.54) is 18.4 Å². The highest BCUT2D eigenvalue weighted by Gasteiger charge is 2.40. The summed E-state index contributed by atoms with van der Waals surface area (Å²) in [5.41, 5.74) is 0. The van der Waals surface area contributed by atoms with Crippen molar-refractivity contribution in [1.29, 1.82) is 0 Å². The second-order valence-electron chi connectivity index (χ2n) is 6.26. The van der Waals surface area contributed by atoms with Gasteiger partial charge < -0.3 is 4.90 Å². The van der Waals surface area contributed by atoms with Crippen molar-refractivity contribution in [2.45, 2.75) is 25.1 Å². The average molecular weight is 372 g/mol. The van der Waals surface area contributed by atoms with Crippen LogP contribution in [0.2, 0.25) is 0 Å². The lowest BCUT2D eigenvalue weighted by Gasteiger charge is -2.42. The number of likely N-dealkylation sites (tertiary alicyclic amines) is 1. The molecule has 0 N–H and O–H groups in total. The van der Waals surface area contributed by atoms with E-state index in [9.17, 15) is 26.4 Å². The van der Waals surface area contributed by atoms with E-state index in [0.29, 0.717) is 25.9 Å². The number of amides is 1. The summed E-state index contributed by atoms with van der Waals surface area (Å²) in [6, 6.07) is -0.592. The molecule has 0 aromatic heterocycles. The quantitative estimate of drug-likeness (QED) is 0.695. The van der Waals surface area contributed by atoms with E-state index in [1.54, 1.807) is 4.90 Å². The Labute approximate surface area is 140 Å². The number of carbonyl (C=O) groups excluding carboxylic acids is 1. The highest BCUT2D eigenvalue weighted by molar-refractivity contribution is 7.86. The number of carbonyl (C=O) groups is 1. The van der Waals surface area contributed by atoms with E-state index in [1.807, 2.05) is 0 Å². The Morgan fingerprint density at radius 2 is 1.71 bits per heavy atom. The fourth-order valence-electron chi connectivity index (χ4n) is 3.11. The van der Waals surface area contributed by atoms with Gasteiger partial charge in [-0.1, -0.05) is 0 Å². The molecule has 24 heavy (non-hydrogen) atoms. The van der Waals surface area contributed by atoms with Gasteiger partial charge in [-0.2, -0.15) is 30.2 Å². The van der Waals surface area contributed by atoms with Crippen LogP contribution in [0, 0.1) is 0 Å². The first-order valence-electron chi connectivity index (χ1n) is 7.79. The van der Waals surface area contributed by atoms with Crippen LogP contribution in [-0.2, 0) is 15.0 Å². The third kappa shape index (κ3) is 4.38. The zero-order chi connectivity index (χ0) is 18.1. The lowest BCUT2D eigenvalue weighted by Crippen LogP contribution is -2.59. The molecule has 0 aliphatic carbocycles. The van der Waals surface area contributed by atoms with E-state index in [4.69, 9.17) is 0 Å². The molecule has 1 amide bonds. The maximum atomic E-state index is 12.6. The van der Waals surface area contributed by atoms with Gasteiger partial charge >= 0.3 is 6.18 Å². The number of alkyl halides is 3. The Kier molecular flexibility index (Phi) is 5.78. The summed E-state index contributed by atoms with van der Waals surface area (Å²) < 4.78 is 64.3. The Morgan fingerprint density at radius 1 is 1.12 bits per heavy atom. The molecule has 2 aliphatic rings. The third-order valence-electron chi connectivity index (χ3n) is 4.37. The van der Waals surface area contributed by atoms with Gasteiger partial charge in [0.05, 0.1) is 6.04 Å². The molecule has 2 aliphatic heterocycles. The molecule has 11 heteroatoms. The molecule has 0 radical (unpaired) electrons. The van der Waals surface area contributed by atoms with Gasteiger partial charge in [-0.05, 0) is 12.8 Å². The molecular formula is C13H23F3N4O3S. The summed E-state index contributed by atoms with van der Waals surface area (Å²) in [4.78, 5) is 15.0. The van der Waals surface area contributed by atoms with Crippen molar-refractivity contribution in [3.63, 3.8) is 0 Å². The van der Waals surface area contributed by atoms with Crippen molar-refractivity contribution in [3.8, 4) is 0 Å². The first-order valence-corrected chi connectivity index (χ1v) is 9.19. The molecule has 0 saturated carbocycles. The minimum Gasteiger partial charge on any atom is -0.332 e. The van der Waals surface area contributed by atoms with Crippen LogP contribution in [0.4, 0.5) is 13.2 Å². The lowest BCUT2D eigenvalue weighted by molar-refractivity contribution is -0.168. The molecule has 0 unspecified atom stereocenters. The summed E-state index contributed by atoms with van der Waals surface area (Å²) >= 11 is 0. The summed E-state index contributed by atoms with van der Waals surface area (Å²) in [6.45, 7) is 0.0148. The van der Waals surface area contributed by atoms with Gasteiger partial charge in [-0.25, -0.2) is 0 Å². The second kappa shape index (κ2) is 7.14. The van der Waals surface area contributed by atoms with Crippen LogP contribution < -0.4 is 0 Å². The highest BCUT2D eigenvalue weighted by Crippen LogP contribution is 2.24. The van der Waals surface area contributed by atoms with Crippen molar-refractivity contribution in [2.24, 2.45) is 0 Å². The Hall–Kier alpha value is -0.910. The molecule has 7 nitrogen and oxygen atoms in total. The second-order valence-corrected chi connectivity index (χ2v) is 8.40. The molecule has 140 valence electrons. The fraction of sp³-hybridized carbons (Fsp3) is 0.923. The number of rotatable bonds is 4. The molecule has 0 aromatic carbocycles. The largest absolute Gasteiger partial charge is 0.406 e. The van der Waals surface area contributed by atoms with Crippen LogP contribution in [0.15, 0.2) is 0 Å². The molecule has 0 aromatic rings. The monoisotopic (exact) mass is 372 g/mol. The van der Waals surface area contributed by atoms with Crippen molar-refractivity contribution in [2.75, 3.05) is 53.4 Å². The van der Waals surface area contributed by atoms with E-state index >= 15 is 0 Å². The van der Waals surface area contributed by atoms with Crippen molar-refractivity contribution in [3.05, 3.63) is 0 Å². The van der Waals surface area contributed by atoms with Gasteiger partial charge in [0.1, 0.15) is 6.54 Å². The van der Waals surface area contributed by atoms with Crippen molar-refractivity contribution >= 4 is 16.1 Å². The predicted molar refractivity (Wildman–Crippen MR) is 81.4 cm³/mol. The van der Waals surface area contributed by atoms with Gasteiger partial charge in [0, 0.05) is 46.8 Å². The van der Waals surface area contributed by atoms with E-state index in [2.05, 4.69) is 0 Å². The van der Waals surface area contributed by atoms with Crippen LogP contribution in [0.3, 0.4) is 0 Å². The number of piperidine rings is 1. The van der Waals surface area contributed by atoms with Crippen LogP contribution >= 0.6 is 0 Å². The average Bonchev–Trinajstić information content (AvgIpc) is 2.48. The highest BCUT2D eigenvalue weighted by atomic mass is 32.2. The normalized spacial score (nSPS) is 25.5.